The SMILES string of the molecule is COc1ccc2c(C=O)c(C(=O)[O-])[nH]c2c1. The third kappa shape index (κ3) is 1.42. The number of rotatable bonds is 3. The molecule has 2 rings (SSSR count). The Morgan fingerprint density at radius 2 is 2.25 bits per heavy atom. The molecule has 0 atom stereocenters. The van der Waals surface area contributed by atoms with Crippen molar-refractivity contribution < 1.29 is 19.4 Å². The van der Waals surface area contributed by atoms with Crippen molar-refractivity contribution in [2.45, 2.75) is 0 Å². The number of hydrogen-bond donors (Lipinski definition) is 1. The molecule has 2 aromatic rings. The molecular formula is C11H8NO4-. The van der Waals surface area contributed by atoms with Crippen LogP contribution < -0.4 is 9.84 Å². The summed E-state index contributed by atoms with van der Waals surface area (Å²) in [4.78, 5) is 24.2. The fourth-order valence-corrected chi connectivity index (χ4v) is 1.61. The first-order chi connectivity index (χ1) is 7.67. The highest BCUT2D eigenvalue weighted by Crippen LogP contribution is 2.24. The molecule has 1 N–H and O–H groups in total. The molecule has 0 radical (unpaired) electrons. The molecular weight excluding hydrogens is 210 g/mol. The Morgan fingerprint density at radius 1 is 1.50 bits per heavy atom. The summed E-state index contributed by atoms with van der Waals surface area (Å²) in [7, 11) is 1.50. The first-order valence-electron chi connectivity index (χ1n) is 4.53. The van der Waals surface area contributed by atoms with Crippen LogP contribution in [0.2, 0.25) is 0 Å². The second-order valence-corrected chi connectivity index (χ2v) is 3.23. The zero-order valence-corrected chi connectivity index (χ0v) is 8.44. The number of methoxy groups -OCH3 is 1. The number of nitrogens with one attached hydrogen (secondary N) is 1. The largest absolute Gasteiger partial charge is 0.543 e. The van der Waals surface area contributed by atoms with E-state index in [0.717, 1.165) is 0 Å². The number of hydrogen-bond acceptors (Lipinski definition) is 4. The highest BCUT2D eigenvalue weighted by molar-refractivity contribution is 6.07. The average molecular weight is 218 g/mol. The van der Waals surface area contributed by atoms with E-state index in [1.165, 1.54) is 7.11 Å². The van der Waals surface area contributed by atoms with E-state index in [2.05, 4.69) is 4.98 Å². The van der Waals surface area contributed by atoms with Gasteiger partial charge in [-0.15, -0.1) is 0 Å². The van der Waals surface area contributed by atoms with E-state index in [4.69, 9.17) is 4.74 Å². The van der Waals surface area contributed by atoms with Crippen LogP contribution in [0.1, 0.15) is 20.8 Å². The lowest BCUT2D eigenvalue weighted by atomic mass is 10.1. The van der Waals surface area contributed by atoms with Crippen molar-refractivity contribution in [3.05, 3.63) is 29.5 Å². The Labute approximate surface area is 90.6 Å². The van der Waals surface area contributed by atoms with Gasteiger partial charge in [-0.3, -0.25) is 4.79 Å². The van der Waals surface area contributed by atoms with Gasteiger partial charge in [-0.2, -0.15) is 0 Å². The molecule has 0 aliphatic heterocycles. The molecule has 0 unspecified atom stereocenters. The van der Waals surface area contributed by atoms with E-state index in [-0.39, 0.29) is 11.3 Å². The van der Waals surface area contributed by atoms with Crippen LogP contribution in [0.3, 0.4) is 0 Å². The predicted octanol–water partition coefficient (Wildman–Crippen LogP) is 0.352. The molecule has 0 fully saturated rings. The number of aromatic nitrogens is 1. The highest BCUT2D eigenvalue weighted by atomic mass is 16.5. The maximum Gasteiger partial charge on any atom is 0.152 e. The number of carboxylic acids is 1. The third-order valence-electron chi connectivity index (χ3n) is 2.37. The van der Waals surface area contributed by atoms with Crippen molar-refractivity contribution in [3.63, 3.8) is 0 Å². The second-order valence-electron chi connectivity index (χ2n) is 3.23. The topological polar surface area (TPSA) is 82.2 Å². The number of H-pyrrole nitrogens is 1. The number of fused-ring (bicyclic) bond motifs is 1. The summed E-state index contributed by atoms with van der Waals surface area (Å²) in [5, 5.41) is 11.3. The van der Waals surface area contributed by atoms with E-state index in [0.29, 0.717) is 22.9 Å². The minimum atomic E-state index is -1.41. The van der Waals surface area contributed by atoms with Crippen molar-refractivity contribution in [2.24, 2.45) is 0 Å². The van der Waals surface area contributed by atoms with Gasteiger partial charge in [0.25, 0.3) is 0 Å². The molecule has 0 aliphatic carbocycles. The summed E-state index contributed by atoms with van der Waals surface area (Å²) in [6.07, 6.45) is 0.496. The van der Waals surface area contributed by atoms with Gasteiger partial charge in [-0.05, 0) is 12.1 Å². The maximum atomic E-state index is 10.8. The van der Waals surface area contributed by atoms with Gasteiger partial charge in [0.05, 0.1) is 24.3 Å². The predicted molar refractivity (Wildman–Crippen MR) is 54.6 cm³/mol. The lowest BCUT2D eigenvalue weighted by Gasteiger charge is -1.98. The molecule has 5 heteroatoms. The van der Waals surface area contributed by atoms with Crippen LogP contribution >= 0.6 is 0 Å². The van der Waals surface area contributed by atoms with E-state index >= 15 is 0 Å². The first kappa shape index (κ1) is 10.2. The van der Waals surface area contributed by atoms with Crippen LogP contribution in [-0.4, -0.2) is 24.3 Å². The lowest BCUT2D eigenvalue weighted by Crippen LogP contribution is -2.23. The van der Waals surface area contributed by atoms with Gasteiger partial charge >= 0.3 is 0 Å². The van der Waals surface area contributed by atoms with Gasteiger partial charge < -0.3 is 19.6 Å². The summed E-state index contributed by atoms with van der Waals surface area (Å²) in [5.41, 5.74) is 0.413. The number of carbonyl (C=O) groups excluding carboxylic acids is 2. The van der Waals surface area contributed by atoms with Crippen LogP contribution in [0.25, 0.3) is 10.9 Å². The Morgan fingerprint density at radius 3 is 2.81 bits per heavy atom. The second kappa shape index (κ2) is 3.69. The van der Waals surface area contributed by atoms with Crippen LogP contribution in [0.4, 0.5) is 0 Å². The Bertz CT molecular complexity index is 571. The Kier molecular flexibility index (Phi) is 2.36. The highest BCUT2D eigenvalue weighted by Gasteiger charge is 2.11. The molecule has 82 valence electrons. The molecule has 0 spiro atoms. The zero-order chi connectivity index (χ0) is 11.7. The maximum absolute atomic E-state index is 10.8. The molecule has 0 bridgehead atoms. The summed E-state index contributed by atoms with van der Waals surface area (Å²) in [5.74, 6) is -0.826. The average Bonchev–Trinajstić information content (AvgIpc) is 2.66. The van der Waals surface area contributed by atoms with Gasteiger partial charge in [0.15, 0.2) is 6.29 Å². The standard InChI is InChI=1S/C11H9NO4/c1-16-6-2-3-7-8(5-13)10(11(14)15)12-9(7)4-6/h2-5,12H,1H3,(H,14,15)/p-1. The number of carboxylic acid groups (broad SMARTS) is 1. The first-order valence-corrected chi connectivity index (χ1v) is 4.53. The van der Waals surface area contributed by atoms with Gasteiger partial charge in [0, 0.05) is 17.0 Å². The summed E-state index contributed by atoms with van der Waals surface area (Å²) in [6.45, 7) is 0. The van der Waals surface area contributed by atoms with Gasteiger partial charge in [0.1, 0.15) is 5.75 Å². The van der Waals surface area contributed by atoms with Crippen molar-refractivity contribution in [1.29, 1.82) is 0 Å². The third-order valence-corrected chi connectivity index (χ3v) is 2.37. The monoisotopic (exact) mass is 218 g/mol. The van der Waals surface area contributed by atoms with Gasteiger partial charge in [-0.1, -0.05) is 0 Å². The molecule has 1 aromatic heterocycles. The summed E-state index contributed by atoms with van der Waals surface area (Å²) >= 11 is 0. The fraction of sp³-hybridized carbons (Fsp3) is 0.0909. The number of aromatic amines is 1. The van der Waals surface area contributed by atoms with Crippen molar-refractivity contribution in [1.82, 2.24) is 4.98 Å². The van der Waals surface area contributed by atoms with Crippen molar-refractivity contribution in [2.75, 3.05) is 7.11 Å². The van der Waals surface area contributed by atoms with E-state index in [1.807, 2.05) is 0 Å². The molecule has 1 aromatic carbocycles. The minimum absolute atomic E-state index is 0.0950. The summed E-state index contributed by atoms with van der Waals surface area (Å²) < 4.78 is 4.99. The lowest BCUT2D eigenvalue weighted by molar-refractivity contribution is -0.255. The van der Waals surface area contributed by atoms with Crippen LogP contribution in [0.15, 0.2) is 18.2 Å². The smallest absolute Gasteiger partial charge is 0.152 e. The number of ether oxygens (including phenoxy) is 1. The normalized spacial score (nSPS) is 10.3. The van der Waals surface area contributed by atoms with Crippen molar-refractivity contribution >= 4 is 23.2 Å². The van der Waals surface area contributed by atoms with E-state index in [9.17, 15) is 14.7 Å². The number of aromatic carboxylic acids is 1. The number of carbonyl (C=O) groups is 2. The molecule has 0 saturated carbocycles. The summed E-state index contributed by atoms with van der Waals surface area (Å²) in [6, 6.07) is 4.90. The van der Waals surface area contributed by atoms with Crippen molar-refractivity contribution in [3.8, 4) is 5.75 Å². The molecule has 0 aliphatic rings. The molecule has 0 saturated heterocycles. The zero-order valence-electron chi connectivity index (χ0n) is 8.44. The van der Waals surface area contributed by atoms with Crippen LogP contribution in [0, 0.1) is 0 Å². The fourth-order valence-electron chi connectivity index (χ4n) is 1.61. The van der Waals surface area contributed by atoms with Gasteiger partial charge in [0.2, 0.25) is 0 Å². The Balaban J connectivity index is 2.76. The number of benzene rings is 1. The quantitative estimate of drug-likeness (QED) is 0.753. The van der Waals surface area contributed by atoms with E-state index < -0.39 is 5.97 Å². The van der Waals surface area contributed by atoms with E-state index in [1.54, 1.807) is 18.2 Å². The molecule has 5 nitrogen and oxygen atoms in total. The van der Waals surface area contributed by atoms with Crippen LogP contribution in [-0.2, 0) is 0 Å². The molecule has 0 amide bonds. The van der Waals surface area contributed by atoms with Crippen LogP contribution in [0.5, 0.6) is 5.75 Å². The molecule has 1 heterocycles. The number of aldehydes is 1. The minimum Gasteiger partial charge on any atom is -0.543 e. The van der Waals surface area contributed by atoms with Gasteiger partial charge in [-0.25, -0.2) is 0 Å². The Hall–Kier alpha value is -2.30. The molecule has 16 heavy (non-hydrogen) atoms.